The number of hydrogen-bond donors (Lipinski definition) is 1. The molecule has 154 valence electrons. The van der Waals surface area contributed by atoms with Crippen LogP contribution in [0.3, 0.4) is 0 Å². The third-order valence-electron chi connectivity index (χ3n) is 4.51. The number of morpholine rings is 1. The molecule has 29 heavy (non-hydrogen) atoms. The zero-order valence-corrected chi connectivity index (χ0v) is 16.7. The smallest absolute Gasteiger partial charge is 0.344 e. The van der Waals surface area contributed by atoms with Crippen molar-refractivity contribution >= 4 is 23.6 Å². The number of hydrogen-bond acceptors (Lipinski definition) is 6. The van der Waals surface area contributed by atoms with E-state index in [4.69, 9.17) is 19.3 Å². The fraction of sp³-hybridized carbons (Fsp3) is 0.364. The second-order valence-corrected chi connectivity index (χ2v) is 6.61. The molecular formula is C22H26N2O5. The third-order valence-corrected chi connectivity index (χ3v) is 4.51. The van der Waals surface area contributed by atoms with Gasteiger partial charge in [-0.2, -0.15) is 0 Å². The highest BCUT2D eigenvalue weighted by Crippen LogP contribution is 2.29. The minimum Gasteiger partial charge on any atom is -0.490 e. The number of aliphatic carboxylic acids is 1. The summed E-state index contributed by atoms with van der Waals surface area (Å²) in [5.41, 5.74) is 2.85. The lowest BCUT2D eigenvalue weighted by Gasteiger charge is -2.28. The van der Waals surface area contributed by atoms with E-state index in [9.17, 15) is 4.79 Å². The van der Waals surface area contributed by atoms with Gasteiger partial charge in [-0.25, -0.2) is 4.79 Å². The maximum absolute atomic E-state index is 11.0. The number of nitrogens with zero attached hydrogens (tertiary/aromatic N) is 2. The molecule has 1 saturated heterocycles. The van der Waals surface area contributed by atoms with Crippen molar-refractivity contribution in [3.05, 3.63) is 48.0 Å². The summed E-state index contributed by atoms with van der Waals surface area (Å²) in [6.07, 6.45) is 0.787. The number of carboxylic acids is 1. The van der Waals surface area contributed by atoms with E-state index >= 15 is 0 Å². The fourth-order valence-electron chi connectivity index (χ4n) is 2.93. The monoisotopic (exact) mass is 398 g/mol. The van der Waals surface area contributed by atoms with Crippen LogP contribution in [0.4, 0.5) is 11.4 Å². The van der Waals surface area contributed by atoms with Gasteiger partial charge in [0, 0.05) is 25.0 Å². The summed E-state index contributed by atoms with van der Waals surface area (Å²) in [5.74, 6) is -0.139. The van der Waals surface area contributed by atoms with Crippen molar-refractivity contribution in [1.82, 2.24) is 0 Å². The molecule has 0 aliphatic carbocycles. The Hall–Kier alpha value is -3.06. The van der Waals surface area contributed by atoms with E-state index in [1.54, 1.807) is 18.3 Å². The quantitative estimate of drug-likeness (QED) is 0.685. The lowest BCUT2D eigenvalue weighted by Crippen LogP contribution is -2.36. The Kier molecular flexibility index (Phi) is 7.08. The highest BCUT2D eigenvalue weighted by Gasteiger charge is 2.16. The van der Waals surface area contributed by atoms with Crippen molar-refractivity contribution in [2.75, 3.05) is 37.8 Å². The average molecular weight is 398 g/mol. The summed E-state index contributed by atoms with van der Waals surface area (Å²) in [6.45, 7) is 7.10. The Morgan fingerprint density at radius 2 is 1.93 bits per heavy atom. The molecule has 7 nitrogen and oxygen atoms in total. The molecule has 0 aromatic heterocycles. The molecule has 0 radical (unpaired) electrons. The summed E-state index contributed by atoms with van der Waals surface area (Å²) >= 11 is 0. The summed E-state index contributed by atoms with van der Waals surface area (Å²) in [7, 11) is 0. The van der Waals surface area contributed by atoms with Crippen molar-refractivity contribution in [3.63, 3.8) is 0 Å². The van der Waals surface area contributed by atoms with E-state index in [-0.39, 0.29) is 0 Å². The molecule has 2 aromatic rings. The molecule has 7 heteroatoms. The topological polar surface area (TPSA) is 80.6 Å². The molecular weight excluding hydrogens is 372 g/mol. The maximum atomic E-state index is 11.0. The number of carbonyl (C=O) groups is 1. The van der Waals surface area contributed by atoms with Crippen LogP contribution >= 0.6 is 0 Å². The Balaban J connectivity index is 1.70. The summed E-state index contributed by atoms with van der Waals surface area (Å²) in [4.78, 5) is 17.8. The molecule has 0 bridgehead atoms. The van der Waals surface area contributed by atoms with E-state index < -0.39 is 12.1 Å². The van der Waals surface area contributed by atoms with E-state index in [0.29, 0.717) is 18.1 Å². The van der Waals surface area contributed by atoms with Gasteiger partial charge in [0.2, 0.25) is 0 Å². The van der Waals surface area contributed by atoms with Gasteiger partial charge < -0.3 is 24.2 Å². The van der Waals surface area contributed by atoms with E-state index in [2.05, 4.69) is 22.0 Å². The fourth-order valence-corrected chi connectivity index (χ4v) is 2.93. The van der Waals surface area contributed by atoms with Gasteiger partial charge in [0.05, 0.1) is 25.5 Å². The van der Waals surface area contributed by atoms with Gasteiger partial charge in [0.1, 0.15) is 0 Å². The van der Waals surface area contributed by atoms with Crippen LogP contribution in [0.25, 0.3) is 0 Å². The van der Waals surface area contributed by atoms with Crippen molar-refractivity contribution in [2.45, 2.75) is 20.0 Å². The van der Waals surface area contributed by atoms with Crippen molar-refractivity contribution < 1.29 is 24.1 Å². The zero-order chi connectivity index (χ0) is 20.6. The minimum absolute atomic E-state index is 0.397. The molecule has 1 aliphatic heterocycles. The Morgan fingerprint density at radius 1 is 1.21 bits per heavy atom. The number of ether oxygens (including phenoxy) is 3. The lowest BCUT2D eigenvalue weighted by atomic mass is 10.2. The highest BCUT2D eigenvalue weighted by molar-refractivity contribution is 5.83. The summed E-state index contributed by atoms with van der Waals surface area (Å²) < 4.78 is 16.5. The van der Waals surface area contributed by atoms with E-state index in [1.165, 1.54) is 12.6 Å². The molecule has 1 fully saturated rings. The molecule has 1 heterocycles. The summed E-state index contributed by atoms with van der Waals surface area (Å²) in [6, 6.07) is 13.4. The molecule has 0 unspecified atom stereocenters. The highest BCUT2D eigenvalue weighted by atomic mass is 16.5. The van der Waals surface area contributed by atoms with Crippen LogP contribution in [-0.2, 0) is 9.53 Å². The second-order valence-electron chi connectivity index (χ2n) is 6.61. The third kappa shape index (κ3) is 5.71. The molecule has 3 rings (SSSR count). The van der Waals surface area contributed by atoms with Gasteiger partial charge in [-0.3, -0.25) is 4.99 Å². The molecule has 1 atom stereocenters. The predicted octanol–water partition coefficient (Wildman–Crippen LogP) is 3.52. The first-order valence-electron chi connectivity index (χ1n) is 9.70. The first kappa shape index (κ1) is 20.7. The van der Waals surface area contributed by atoms with E-state index in [1.807, 2.05) is 25.1 Å². The first-order chi connectivity index (χ1) is 14.1. The van der Waals surface area contributed by atoms with Crippen LogP contribution < -0.4 is 14.4 Å². The van der Waals surface area contributed by atoms with Gasteiger partial charge in [0.15, 0.2) is 17.6 Å². The molecule has 2 aromatic carbocycles. The van der Waals surface area contributed by atoms with Crippen molar-refractivity contribution in [2.24, 2.45) is 4.99 Å². The van der Waals surface area contributed by atoms with Crippen LogP contribution in [0.15, 0.2) is 47.5 Å². The number of carboxylic acid groups (broad SMARTS) is 1. The zero-order valence-electron chi connectivity index (χ0n) is 16.7. The Labute approximate surface area is 170 Å². The van der Waals surface area contributed by atoms with Crippen LogP contribution in [0.1, 0.15) is 19.4 Å². The van der Waals surface area contributed by atoms with Crippen LogP contribution in [0.5, 0.6) is 11.5 Å². The van der Waals surface area contributed by atoms with Gasteiger partial charge >= 0.3 is 5.97 Å². The number of benzene rings is 2. The average Bonchev–Trinajstić information content (AvgIpc) is 2.75. The summed E-state index contributed by atoms with van der Waals surface area (Å²) in [5, 5.41) is 9.04. The molecule has 1 aliphatic rings. The lowest BCUT2D eigenvalue weighted by molar-refractivity contribution is -0.144. The molecule has 1 N–H and O–H groups in total. The first-order valence-corrected chi connectivity index (χ1v) is 9.70. The number of rotatable bonds is 8. The van der Waals surface area contributed by atoms with Gasteiger partial charge in [0.25, 0.3) is 0 Å². The van der Waals surface area contributed by atoms with Crippen LogP contribution in [0.2, 0.25) is 0 Å². The molecule has 0 amide bonds. The minimum atomic E-state index is -1.03. The van der Waals surface area contributed by atoms with Crippen molar-refractivity contribution in [3.8, 4) is 11.5 Å². The molecule has 0 spiro atoms. The van der Waals surface area contributed by atoms with Crippen molar-refractivity contribution in [1.29, 1.82) is 0 Å². The Bertz CT molecular complexity index is 845. The van der Waals surface area contributed by atoms with Gasteiger partial charge in [-0.05, 0) is 61.9 Å². The van der Waals surface area contributed by atoms with Crippen LogP contribution in [-0.4, -0.2) is 56.3 Å². The predicted molar refractivity (Wildman–Crippen MR) is 112 cm³/mol. The Morgan fingerprint density at radius 3 is 2.59 bits per heavy atom. The van der Waals surface area contributed by atoms with Gasteiger partial charge in [-0.15, -0.1) is 0 Å². The maximum Gasteiger partial charge on any atom is 0.344 e. The molecule has 0 saturated carbocycles. The largest absolute Gasteiger partial charge is 0.490 e. The van der Waals surface area contributed by atoms with E-state index in [0.717, 1.165) is 37.6 Å². The standard InChI is InChI=1S/C22H26N2O5/c1-3-28-21-14-17(4-9-20(21)29-16(2)22(25)26)15-23-18-5-7-19(8-6-18)24-10-12-27-13-11-24/h4-9,14-16H,3,10-13H2,1-2H3,(H,25,26)/t16-/m1/s1. The van der Waals surface area contributed by atoms with Crippen LogP contribution in [0, 0.1) is 0 Å². The SMILES string of the molecule is CCOc1cc(C=Nc2ccc(N3CCOCC3)cc2)ccc1O[C@H](C)C(=O)O. The normalized spacial score (nSPS) is 15.3. The van der Waals surface area contributed by atoms with Gasteiger partial charge in [-0.1, -0.05) is 0 Å². The second kappa shape index (κ2) is 9.93. The number of anilines is 1. The number of aliphatic imine (C=N–C) groups is 1.